The molecule has 5 heteroatoms. The maximum absolute atomic E-state index is 12.9. The van der Waals surface area contributed by atoms with Crippen molar-refractivity contribution in [2.75, 3.05) is 18.1 Å². The lowest BCUT2D eigenvalue weighted by Crippen LogP contribution is -2.29. The number of carbonyl (C=O) groups is 2. The molecule has 0 unspecified atom stereocenters. The number of rotatable bonds is 4. The van der Waals surface area contributed by atoms with E-state index in [2.05, 4.69) is 0 Å². The molecule has 0 spiro atoms. The molecule has 1 aliphatic carbocycles. The van der Waals surface area contributed by atoms with Crippen molar-refractivity contribution in [1.29, 1.82) is 0 Å². The molecule has 2 aliphatic rings. The lowest BCUT2D eigenvalue weighted by Gasteiger charge is -2.19. The van der Waals surface area contributed by atoms with Gasteiger partial charge >= 0.3 is 5.97 Å². The smallest absolute Gasteiger partial charge is 0.317 e. The first-order chi connectivity index (χ1) is 11.7. The van der Waals surface area contributed by atoms with Gasteiger partial charge < -0.3 is 9.64 Å². The van der Waals surface area contributed by atoms with E-state index in [-0.39, 0.29) is 17.9 Å². The van der Waals surface area contributed by atoms with E-state index in [1.807, 2.05) is 30.3 Å². The number of nitrogens with zero attached hydrogens (tertiary/aromatic N) is 2. The van der Waals surface area contributed by atoms with E-state index in [0.717, 1.165) is 31.4 Å². The third-order valence-electron chi connectivity index (χ3n) is 4.69. The van der Waals surface area contributed by atoms with E-state index >= 15 is 0 Å². The van der Waals surface area contributed by atoms with Gasteiger partial charge in [0.15, 0.2) is 0 Å². The van der Waals surface area contributed by atoms with Gasteiger partial charge in [-0.1, -0.05) is 37.5 Å². The van der Waals surface area contributed by atoms with Crippen molar-refractivity contribution in [3.8, 4) is 0 Å². The van der Waals surface area contributed by atoms with Gasteiger partial charge in [0.2, 0.25) is 0 Å². The van der Waals surface area contributed by atoms with Gasteiger partial charge in [-0.15, -0.1) is 0 Å². The molecule has 1 amide bonds. The first-order valence-corrected chi connectivity index (χ1v) is 8.82. The summed E-state index contributed by atoms with van der Waals surface area (Å²) in [5, 5.41) is 0. The second-order valence-corrected chi connectivity index (χ2v) is 6.36. The van der Waals surface area contributed by atoms with Gasteiger partial charge in [0, 0.05) is 12.2 Å². The molecule has 0 N–H and O–H groups in total. The Hall–Kier alpha value is -2.17. The van der Waals surface area contributed by atoms with E-state index in [9.17, 15) is 9.59 Å². The lowest BCUT2D eigenvalue weighted by atomic mass is 9.95. The molecule has 3 rings (SSSR count). The summed E-state index contributed by atoms with van der Waals surface area (Å²) in [6.45, 7) is 2.40. The lowest BCUT2D eigenvalue weighted by molar-refractivity contribution is -0.145. The summed E-state index contributed by atoms with van der Waals surface area (Å²) >= 11 is 0. The molecule has 1 aromatic carbocycles. The molecule has 1 heterocycles. The fourth-order valence-electron chi connectivity index (χ4n) is 3.45. The topological polar surface area (TPSA) is 59.0 Å². The molecule has 128 valence electrons. The van der Waals surface area contributed by atoms with Gasteiger partial charge in [0.25, 0.3) is 5.91 Å². The first-order valence-electron chi connectivity index (χ1n) is 8.82. The molecule has 1 atom stereocenters. The first kappa shape index (κ1) is 16.7. The predicted octanol–water partition coefficient (Wildman–Crippen LogP) is 2.99. The zero-order valence-electron chi connectivity index (χ0n) is 14.1. The molecular formula is C19H24N2O3. The third kappa shape index (κ3) is 3.50. The molecule has 5 nitrogen and oxygen atoms in total. The fraction of sp³-hybridized carbons (Fsp3) is 0.526. The summed E-state index contributed by atoms with van der Waals surface area (Å²) in [5.41, 5.74) is 1.18. The fourth-order valence-corrected chi connectivity index (χ4v) is 3.45. The minimum atomic E-state index is -0.584. The number of ether oxygens (including phenoxy) is 1. The highest BCUT2D eigenvalue weighted by Crippen LogP contribution is 2.27. The molecule has 0 bridgehead atoms. The number of hydrogen-bond donors (Lipinski definition) is 0. The predicted molar refractivity (Wildman–Crippen MR) is 93.2 cm³/mol. The third-order valence-corrected chi connectivity index (χ3v) is 4.69. The maximum atomic E-state index is 12.9. The van der Waals surface area contributed by atoms with Gasteiger partial charge in [-0.25, -0.2) is 0 Å². The van der Waals surface area contributed by atoms with Gasteiger partial charge in [-0.3, -0.25) is 14.6 Å². The van der Waals surface area contributed by atoms with Crippen LogP contribution in [0.2, 0.25) is 0 Å². The Labute approximate surface area is 142 Å². The Morgan fingerprint density at radius 3 is 2.58 bits per heavy atom. The zero-order chi connectivity index (χ0) is 16.9. The van der Waals surface area contributed by atoms with Crippen LogP contribution in [0.3, 0.4) is 0 Å². The van der Waals surface area contributed by atoms with E-state index in [0.29, 0.717) is 18.9 Å². The minimum absolute atomic E-state index is 0.158. The second-order valence-electron chi connectivity index (χ2n) is 6.36. The van der Waals surface area contributed by atoms with Crippen molar-refractivity contribution in [2.24, 2.45) is 10.9 Å². The van der Waals surface area contributed by atoms with Crippen LogP contribution in [0.1, 0.15) is 39.0 Å². The van der Waals surface area contributed by atoms with Crippen molar-refractivity contribution < 1.29 is 14.3 Å². The van der Waals surface area contributed by atoms with E-state index < -0.39 is 5.92 Å². The highest BCUT2D eigenvalue weighted by Gasteiger charge is 2.43. The molecule has 2 fully saturated rings. The number of esters is 1. The van der Waals surface area contributed by atoms with Crippen molar-refractivity contribution >= 4 is 23.3 Å². The molecule has 1 saturated carbocycles. The van der Waals surface area contributed by atoms with Crippen LogP contribution in [-0.2, 0) is 14.3 Å². The average molecular weight is 328 g/mol. The van der Waals surface area contributed by atoms with Crippen molar-refractivity contribution in [3.05, 3.63) is 30.3 Å². The normalized spacial score (nSPS) is 23.7. The van der Waals surface area contributed by atoms with Gasteiger partial charge in [0.1, 0.15) is 11.6 Å². The molecular weight excluding hydrogens is 304 g/mol. The number of benzene rings is 1. The molecule has 1 aliphatic heterocycles. The Balaban J connectivity index is 1.88. The highest BCUT2D eigenvalue weighted by atomic mass is 16.5. The van der Waals surface area contributed by atoms with E-state index in [4.69, 9.17) is 9.73 Å². The number of hydrogen-bond acceptors (Lipinski definition) is 4. The second kappa shape index (κ2) is 7.60. The van der Waals surface area contributed by atoms with Crippen LogP contribution in [-0.4, -0.2) is 36.8 Å². The SMILES string of the molecule is CCOC(=O)[C@H]1CN(c2ccccc2)C(=O)C1=NC1CCCCC1. The minimum Gasteiger partial charge on any atom is -0.465 e. The summed E-state index contributed by atoms with van der Waals surface area (Å²) in [5.74, 6) is -1.09. The van der Waals surface area contributed by atoms with Crippen LogP contribution in [0.25, 0.3) is 0 Å². The Morgan fingerprint density at radius 2 is 1.92 bits per heavy atom. The largest absolute Gasteiger partial charge is 0.465 e. The Kier molecular flexibility index (Phi) is 5.28. The number of para-hydroxylation sites is 1. The van der Waals surface area contributed by atoms with Crippen LogP contribution in [0, 0.1) is 5.92 Å². The van der Waals surface area contributed by atoms with Crippen LogP contribution >= 0.6 is 0 Å². The Bertz CT molecular complexity index is 621. The Morgan fingerprint density at radius 1 is 1.21 bits per heavy atom. The van der Waals surface area contributed by atoms with Gasteiger partial charge in [-0.05, 0) is 31.9 Å². The highest BCUT2D eigenvalue weighted by molar-refractivity contribution is 6.49. The number of aliphatic imine (C=N–C) groups is 1. The van der Waals surface area contributed by atoms with E-state index in [1.165, 1.54) is 6.42 Å². The maximum Gasteiger partial charge on any atom is 0.317 e. The molecule has 0 radical (unpaired) electrons. The van der Waals surface area contributed by atoms with Gasteiger partial charge in [-0.2, -0.15) is 0 Å². The van der Waals surface area contributed by atoms with Crippen LogP contribution in [0.5, 0.6) is 0 Å². The van der Waals surface area contributed by atoms with E-state index in [1.54, 1.807) is 11.8 Å². The summed E-state index contributed by atoms with van der Waals surface area (Å²) < 4.78 is 5.18. The summed E-state index contributed by atoms with van der Waals surface area (Å²) in [6.07, 6.45) is 5.51. The summed E-state index contributed by atoms with van der Waals surface area (Å²) in [7, 11) is 0. The van der Waals surface area contributed by atoms with Crippen molar-refractivity contribution in [3.63, 3.8) is 0 Å². The van der Waals surface area contributed by atoms with Crippen LogP contribution < -0.4 is 4.90 Å². The summed E-state index contributed by atoms with van der Waals surface area (Å²) in [6, 6.07) is 9.60. The number of carbonyl (C=O) groups excluding carboxylic acids is 2. The molecule has 0 aromatic heterocycles. The average Bonchev–Trinajstić information content (AvgIpc) is 2.94. The number of amides is 1. The zero-order valence-corrected chi connectivity index (χ0v) is 14.1. The quantitative estimate of drug-likeness (QED) is 0.798. The van der Waals surface area contributed by atoms with Crippen molar-refractivity contribution in [1.82, 2.24) is 0 Å². The van der Waals surface area contributed by atoms with Crippen molar-refractivity contribution in [2.45, 2.75) is 45.1 Å². The molecule has 1 saturated heterocycles. The monoisotopic (exact) mass is 328 g/mol. The van der Waals surface area contributed by atoms with Crippen LogP contribution in [0.15, 0.2) is 35.3 Å². The number of anilines is 1. The molecule has 1 aromatic rings. The van der Waals surface area contributed by atoms with Crippen LogP contribution in [0.4, 0.5) is 5.69 Å². The van der Waals surface area contributed by atoms with Gasteiger partial charge in [0.05, 0.1) is 12.6 Å². The summed E-state index contributed by atoms with van der Waals surface area (Å²) in [4.78, 5) is 31.6. The standard InChI is InChI=1S/C19H24N2O3/c1-2-24-19(23)16-13-21(15-11-7-4-8-12-15)18(22)17(16)20-14-9-5-3-6-10-14/h4,7-8,11-12,14,16H,2-3,5-6,9-10,13H2,1H3/t16-/m0/s1. The molecule has 24 heavy (non-hydrogen) atoms.